The Hall–Kier alpha value is -0.570. The lowest BCUT2D eigenvalue weighted by molar-refractivity contribution is 0.613. The van der Waals surface area contributed by atoms with Gasteiger partial charge in [-0.25, -0.2) is 4.39 Å². The molecule has 2 rings (SSSR count). The predicted octanol–water partition coefficient (Wildman–Crippen LogP) is 4.87. The highest BCUT2D eigenvalue weighted by Gasteiger charge is 2.18. The maximum absolute atomic E-state index is 13.5. The molecule has 78 valence electrons. The van der Waals surface area contributed by atoms with Gasteiger partial charge >= 0.3 is 0 Å². The molecule has 0 saturated heterocycles. The minimum Gasteiger partial charge on any atom is -0.207 e. The van der Waals surface area contributed by atoms with E-state index in [0.29, 0.717) is 10.6 Å². The summed E-state index contributed by atoms with van der Waals surface area (Å²) in [6.45, 7) is 0. The summed E-state index contributed by atoms with van der Waals surface area (Å²) in [5, 5.41) is 1.75. The van der Waals surface area contributed by atoms with Crippen molar-refractivity contribution in [1.82, 2.24) is 0 Å². The molecule has 0 bridgehead atoms. The first-order valence-corrected chi connectivity index (χ1v) is 6.01. The minimum atomic E-state index is -0.515. The fourth-order valence-corrected chi connectivity index (χ4v) is 2.82. The van der Waals surface area contributed by atoms with E-state index < -0.39 is 5.38 Å². The third-order valence-corrected chi connectivity index (χ3v) is 3.90. The molecular weight excluding hydrogens is 254 g/mol. The molecule has 0 spiro atoms. The molecule has 0 aliphatic rings. The van der Waals surface area contributed by atoms with E-state index in [1.54, 1.807) is 12.1 Å². The van der Waals surface area contributed by atoms with Crippen molar-refractivity contribution in [3.8, 4) is 0 Å². The van der Waals surface area contributed by atoms with Crippen molar-refractivity contribution in [1.29, 1.82) is 0 Å². The lowest BCUT2D eigenvalue weighted by Crippen LogP contribution is -1.95. The Kier molecular flexibility index (Phi) is 3.29. The highest BCUT2D eigenvalue weighted by Crippen LogP contribution is 2.37. The average Bonchev–Trinajstić information content (AvgIpc) is 2.69. The van der Waals surface area contributed by atoms with E-state index in [4.69, 9.17) is 23.2 Å². The summed E-state index contributed by atoms with van der Waals surface area (Å²) in [5.74, 6) is -0.365. The number of halogens is 3. The van der Waals surface area contributed by atoms with Crippen LogP contribution in [0.25, 0.3) is 0 Å². The van der Waals surface area contributed by atoms with Crippen molar-refractivity contribution >= 4 is 34.5 Å². The van der Waals surface area contributed by atoms with Crippen LogP contribution >= 0.6 is 34.5 Å². The molecule has 1 heterocycles. The van der Waals surface area contributed by atoms with Crippen LogP contribution in [0.4, 0.5) is 4.39 Å². The normalized spacial score (nSPS) is 12.7. The Morgan fingerprint density at radius 2 is 2.00 bits per heavy atom. The second-order valence-corrected chi connectivity index (χ2v) is 4.84. The fourth-order valence-electron chi connectivity index (χ4n) is 1.33. The largest absolute Gasteiger partial charge is 0.207 e. The number of thiophene rings is 1. The Labute approximate surface area is 101 Å². The molecule has 0 radical (unpaired) electrons. The van der Waals surface area contributed by atoms with E-state index in [9.17, 15) is 4.39 Å². The van der Waals surface area contributed by atoms with Gasteiger partial charge in [0.05, 0.1) is 5.38 Å². The van der Waals surface area contributed by atoms with Crippen LogP contribution in [-0.2, 0) is 0 Å². The van der Waals surface area contributed by atoms with Gasteiger partial charge in [-0.05, 0) is 23.6 Å². The van der Waals surface area contributed by atoms with Crippen LogP contribution < -0.4 is 0 Å². The Morgan fingerprint density at radius 1 is 1.20 bits per heavy atom. The van der Waals surface area contributed by atoms with Gasteiger partial charge in [0.1, 0.15) is 5.82 Å². The quantitative estimate of drug-likeness (QED) is 0.676. The number of benzene rings is 1. The third-order valence-electron chi connectivity index (χ3n) is 2.05. The van der Waals surface area contributed by atoms with Gasteiger partial charge in [-0.2, -0.15) is 0 Å². The molecule has 1 aromatic carbocycles. The Bertz CT molecular complexity index is 433. The molecule has 0 nitrogen and oxygen atoms in total. The molecular formula is C11H7Cl2FS. The summed E-state index contributed by atoms with van der Waals surface area (Å²) in [7, 11) is 0. The molecule has 0 aliphatic carbocycles. The van der Waals surface area contributed by atoms with E-state index in [2.05, 4.69) is 0 Å². The smallest absolute Gasteiger partial charge is 0.129 e. The summed E-state index contributed by atoms with van der Waals surface area (Å²) >= 11 is 13.6. The minimum absolute atomic E-state index is 0.350. The molecule has 1 aromatic heterocycles. The molecule has 0 saturated carbocycles. The SMILES string of the molecule is Fc1cccc(Cl)c1C(Cl)c1cccs1. The van der Waals surface area contributed by atoms with Crippen molar-refractivity contribution in [2.24, 2.45) is 0 Å². The summed E-state index contributed by atoms with van der Waals surface area (Å²) in [4.78, 5) is 0.892. The maximum Gasteiger partial charge on any atom is 0.129 e. The van der Waals surface area contributed by atoms with Gasteiger partial charge < -0.3 is 0 Å². The molecule has 4 heteroatoms. The van der Waals surface area contributed by atoms with Crippen LogP contribution in [0.3, 0.4) is 0 Å². The number of rotatable bonds is 2. The van der Waals surface area contributed by atoms with E-state index in [0.717, 1.165) is 4.88 Å². The molecule has 0 amide bonds. The Morgan fingerprint density at radius 3 is 2.60 bits per heavy atom. The molecule has 1 unspecified atom stereocenters. The maximum atomic E-state index is 13.5. The van der Waals surface area contributed by atoms with E-state index in [-0.39, 0.29) is 5.82 Å². The van der Waals surface area contributed by atoms with Gasteiger partial charge in [-0.15, -0.1) is 22.9 Å². The predicted molar refractivity (Wildman–Crippen MR) is 63.4 cm³/mol. The summed E-state index contributed by atoms with van der Waals surface area (Å²) in [6, 6.07) is 8.32. The first-order valence-electron chi connectivity index (χ1n) is 4.31. The zero-order chi connectivity index (χ0) is 10.8. The van der Waals surface area contributed by atoms with Crippen molar-refractivity contribution in [2.75, 3.05) is 0 Å². The third kappa shape index (κ3) is 2.17. The van der Waals surface area contributed by atoms with E-state index in [1.165, 1.54) is 17.4 Å². The molecule has 0 N–H and O–H groups in total. The molecule has 1 atom stereocenters. The average molecular weight is 261 g/mol. The van der Waals surface area contributed by atoms with Gasteiger partial charge in [-0.1, -0.05) is 23.7 Å². The molecule has 15 heavy (non-hydrogen) atoms. The monoisotopic (exact) mass is 260 g/mol. The lowest BCUT2D eigenvalue weighted by Gasteiger charge is -2.10. The highest BCUT2D eigenvalue weighted by molar-refractivity contribution is 7.10. The van der Waals surface area contributed by atoms with Crippen LogP contribution in [0.15, 0.2) is 35.7 Å². The van der Waals surface area contributed by atoms with Crippen LogP contribution in [0.1, 0.15) is 15.8 Å². The highest BCUT2D eigenvalue weighted by atomic mass is 35.5. The topological polar surface area (TPSA) is 0 Å². The van der Waals surface area contributed by atoms with Crippen LogP contribution in [0.5, 0.6) is 0 Å². The number of alkyl halides is 1. The molecule has 0 fully saturated rings. The van der Waals surface area contributed by atoms with E-state index in [1.807, 2.05) is 17.5 Å². The number of hydrogen-bond donors (Lipinski definition) is 0. The van der Waals surface area contributed by atoms with Gasteiger partial charge in [0, 0.05) is 15.5 Å². The van der Waals surface area contributed by atoms with Gasteiger partial charge in [-0.3, -0.25) is 0 Å². The van der Waals surface area contributed by atoms with E-state index >= 15 is 0 Å². The van der Waals surface area contributed by atoms with Crippen molar-refractivity contribution in [2.45, 2.75) is 5.38 Å². The summed E-state index contributed by atoms with van der Waals surface area (Å²) in [5.41, 5.74) is 0.350. The Balaban J connectivity index is 2.46. The summed E-state index contributed by atoms with van der Waals surface area (Å²) in [6.07, 6.45) is 0. The second-order valence-electron chi connectivity index (χ2n) is 3.01. The zero-order valence-electron chi connectivity index (χ0n) is 7.58. The first kappa shape index (κ1) is 10.9. The summed E-state index contributed by atoms with van der Waals surface area (Å²) < 4.78 is 13.5. The standard InChI is InChI=1S/C11H7Cl2FS/c12-7-3-1-4-8(14)10(7)11(13)9-5-2-6-15-9/h1-6,11H. The van der Waals surface area contributed by atoms with Crippen LogP contribution in [0.2, 0.25) is 5.02 Å². The van der Waals surface area contributed by atoms with Gasteiger partial charge in [0.25, 0.3) is 0 Å². The van der Waals surface area contributed by atoms with Crippen molar-refractivity contribution < 1.29 is 4.39 Å². The number of hydrogen-bond acceptors (Lipinski definition) is 1. The van der Waals surface area contributed by atoms with Gasteiger partial charge in [0.15, 0.2) is 0 Å². The molecule has 2 aromatic rings. The zero-order valence-corrected chi connectivity index (χ0v) is 9.91. The van der Waals surface area contributed by atoms with Gasteiger partial charge in [0.2, 0.25) is 0 Å². The second kappa shape index (κ2) is 4.52. The fraction of sp³-hybridized carbons (Fsp3) is 0.0909. The van der Waals surface area contributed by atoms with Crippen LogP contribution in [-0.4, -0.2) is 0 Å². The lowest BCUT2D eigenvalue weighted by atomic mass is 10.1. The molecule has 0 aliphatic heterocycles. The first-order chi connectivity index (χ1) is 7.20. The van der Waals surface area contributed by atoms with Crippen molar-refractivity contribution in [3.63, 3.8) is 0 Å². The van der Waals surface area contributed by atoms with Crippen LogP contribution in [0, 0.1) is 5.82 Å². The van der Waals surface area contributed by atoms with Crippen molar-refractivity contribution in [3.05, 3.63) is 57.0 Å².